The molecule has 6 nitrogen and oxygen atoms in total. The van der Waals surface area contributed by atoms with Gasteiger partial charge in [0.2, 0.25) is 0 Å². The van der Waals surface area contributed by atoms with E-state index < -0.39 is 0 Å². The highest BCUT2D eigenvalue weighted by molar-refractivity contribution is 6.06. The summed E-state index contributed by atoms with van der Waals surface area (Å²) in [5.74, 6) is -0.0810. The first kappa shape index (κ1) is 10.2. The zero-order chi connectivity index (χ0) is 11.5. The molecule has 0 aliphatic rings. The Bertz CT molecular complexity index is 519. The predicted octanol–water partition coefficient (Wildman–Crippen LogP) is 0.650. The van der Waals surface area contributed by atoms with E-state index in [2.05, 4.69) is 15.4 Å². The highest BCUT2D eigenvalue weighted by atomic mass is 16.1. The molecule has 0 aliphatic carbocycles. The number of hydrogen-bond acceptors (Lipinski definition) is 4. The number of carbonyl (C=O) groups is 1. The molecule has 2 heterocycles. The Kier molecular flexibility index (Phi) is 2.55. The maximum absolute atomic E-state index is 11.8. The molecule has 0 bridgehead atoms. The molecular weight excluding hydrogens is 206 g/mol. The van der Waals surface area contributed by atoms with Crippen molar-refractivity contribution in [1.29, 1.82) is 0 Å². The molecule has 0 saturated carbocycles. The molecule has 0 unspecified atom stereocenters. The lowest BCUT2D eigenvalue weighted by Gasteiger charge is -2.03. The van der Waals surface area contributed by atoms with Gasteiger partial charge in [0.15, 0.2) is 0 Å². The van der Waals surface area contributed by atoms with Crippen LogP contribution in [0.2, 0.25) is 0 Å². The number of nitrogens with one attached hydrogen (secondary N) is 1. The van der Waals surface area contributed by atoms with Crippen LogP contribution in [0.3, 0.4) is 0 Å². The SMILES string of the molecule is Cn1cc(NC(=O)c2cccnc2N)cn1. The summed E-state index contributed by atoms with van der Waals surface area (Å²) in [6.07, 6.45) is 4.80. The second-order valence-electron chi connectivity index (χ2n) is 3.29. The molecule has 0 aromatic carbocycles. The molecule has 16 heavy (non-hydrogen) atoms. The number of hydrogen-bond donors (Lipinski definition) is 2. The molecular formula is C10H11N5O. The van der Waals surface area contributed by atoms with Gasteiger partial charge in [0, 0.05) is 19.4 Å². The van der Waals surface area contributed by atoms with E-state index in [0.29, 0.717) is 11.3 Å². The van der Waals surface area contributed by atoms with Gasteiger partial charge in [-0.1, -0.05) is 0 Å². The molecule has 0 aliphatic heterocycles. The van der Waals surface area contributed by atoms with Gasteiger partial charge in [-0.2, -0.15) is 5.10 Å². The Labute approximate surface area is 92.1 Å². The largest absolute Gasteiger partial charge is 0.383 e. The average molecular weight is 217 g/mol. The van der Waals surface area contributed by atoms with Crippen molar-refractivity contribution in [2.45, 2.75) is 0 Å². The summed E-state index contributed by atoms with van der Waals surface area (Å²) in [4.78, 5) is 15.6. The monoisotopic (exact) mass is 217 g/mol. The van der Waals surface area contributed by atoms with Gasteiger partial charge in [-0.3, -0.25) is 9.48 Å². The van der Waals surface area contributed by atoms with Crippen LogP contribution in [0.15, 0.2) is 30.7 Å². The fourth-order valence-electron chi connectivity index (χ4n) is 1.29. The smallest absolute Gasteiger partial charge is 0.259 e. The first-order valence-electron chi connectivity index (χ1n) is 4.67. The fraction of sp³-hybridized carbons (Fsp3) is 0.100. The van der Waals surface area contributed by atoms with Crippen molar-refractivity contribution in [2.24, 2.45) is 7.05 Å². The van der Waals surface area contributed by atoms with Crippen molar-refractivity contribution in [3.05, 3.63) is 36.3 Å². The number of carbonyl (C=O) groups excluding carboxylic acids is 1. The van der Waals surface area contributed by atoms with Crippen molar-refractivity contribution in [3.63, 3.8) is 0 Å². The first-order valence-corrected chi connectivity index (χ1v) is 4.67. The van der Waals surface area contributed by atoms with Crippen LogP contribution in [0.4, 0.5) is 11.5 Å². The summed E-state index contributed by atoms with van der Waals surface area (Å²) in [6.45, 7) is 0. The number of amides is 1. The van der Waals surface area contributed by atoms with Crippen LogP contribution in [0.5, 0.6) is 0 Å². The van der Waals surface area contributed by atoms with Gasteiger partial charge >= 0.3 is 0 Å². The minimum Gasteiger partial charge on any atom is -0.383 e. The van der Waals surface area contributed by atoms with Gasteiger partial charge in [-0.25, -0.2) is 4.98 Å². The zero-order valence-corrected chi connectivity index (χ0v) is 8.71. The molecule has 0 fully saturated rings. The predicted molar refractivity (Wildman–Crippen MR) is 59.8 cm³/mol. The van der Waals surface area contributed by atoms with Crippen LogP contribution >= 0.6 is 0 Å². The average Bonchev–Trinajstić information content (AvgIpc) is 2.64. The lowest BCUT2D eigenvalue weighted by molar-refractivity contribution is 0.102. The van der Waals surface area contributed by atoms with E-state index in [0.717, 1.165) is 0 Å². The number of anilines is 2. The second-order valence-corrected chi connectivity index (χ2v) is 3.29. The molecule has 2 rings (SSSR count). The fourth-order valence-corrected chi connectivity index (χ4v) is 1.29. The Morgan fingerprint density at radius 1 is 1.56 bits per heavy atom. The van der Waals surface area contributed by atoms with E-state index in [1.54, 1.807) is 36.3 Å². The number of nitrogens with zero attached hydrogens (tertiary/aromatic N) is 3. The summed E-state index contributed by atoms with van der Waals surface area (Å²) in [7, 11) is 1.77. The summed E-state index contributed by atoms with van der Waals surface area (Å²) in [6, 6.07) is 3.28. The van der Waals surface area contributed by atoms with Crippen LogP contribution in [0.1, 0.15) is 10.4 Å². The number of nitrogen functional groups attached to an aromatic ring is 1. The third kappa shape index (κ3) is 2.00. The number of rotatable bonds is 2. The summed E-state index contributed by atoms with van der Waals surface area (Å²) in [5.41, 5.74) is 6.56. The summed E-state index contributed by atoms with van der Waals surface area (Å²) < 4.78 is 1.60. The number of aryl methyl sites for hydroxylation is 1. The number of pyridine rings is 1. The highest BCUT2D eigenvalue weighted by Crippen LogP contribution is 2.11. The molecule has 0 atom stereocenters. The molecule has 0 saturated heterocycles. The van der Waals surface area contributed by atoms with E-state index in [1.807, 2.05) is 0 Å². The van der Waals surface area contributed by atoms with Gasteiger partial charge in [-0.05, 0) is 12.1 Å². The van der Waals surface area contributed by atoms with Gasteiger partial charge in [0.1, 0.15) is 5.82 Å². The van der Waals surface area contributed by atoms with Gasteiger partial charge in [0.05, 0.1) is 17.4 Å². The van der Waals surface area contributed by atoms with E-state index in [1.165, 1.54) is 6.20 Å². The number of nitrogens with two attached hydrogens (primary N) is 1. The van der Waals surface area contributed by atoms with E-state index >= 15 is 0 Å². The molecule has 0 spiro atoms. The Hall–Kier alpha value is -2.37. The molecule has 82 valence electrons. The van der Waals surface area contributed by atoms with Crippen LogP contribution in [0.25, 0.3) is 0 Å². The van der Waals surface area contributed by atoms with E-state index in [4.69, 9.17) is 5.73 Å². The van der Waals surface area contributed by atoms with Crippen LogP contribution < -0.4 is 11.1 Å². The Morgan fingerprint density at radius 2 is 2.38 bits per heavy atom. The van der Waals surface area contributed by atoms with Gasteiger partial charge in [0.25, 0.3) is 5.91 Å². The third-order valence-corrected chi connectivity index (χ3v) is 2.05. The zero-order valence-electron chi connectivity index (χ0n) is 8.71. The summed E-state index contributed by atoms with van der Waals surface area (Å²) in [5, 5.41) is 6.62. The summed E-state index contributed by atoms with van der Waals surface area (Å²) >= 11 is 0. The molecule has 3 N–H and O–H groups in total. The van der Waals surface area contributed by atoms with E-state index in [9.17, 15) is 4.79 Å². The maximum Gasteiger partial charge on any atom is 0.259 e. The molecule has 2 aromatic heterocycles. The van der Waals surface area contributed by atoms with Crippen molar-refractivity contribution < 1.29 is 4.79 Å². The second kappa shape index (κ2) is 4.01. The highest BCUT2D eigenvalue weighted by Gasteiger charge is 2.10. The quantitative estimate of drug-likeness (QED) is 0.773. The van der Waals surface area contributed by atoms with Gasteiger partial charge < -0.3 is 11.1 Å². The van der Waals surface area contributed by atoms with E-state index in [-0.39, 0.29) is 11.7 Å². The molecule has 6 heteroatoms. The minimum atomic E-state index is -0.293. The molecule has 0 radical (unpaired) electrons. The first-order chi connectivity index (χ1) is 7.66. The van der Waals surface area contributed by atoms with Crippen LogP contribution in [-0.2, 0) is 7.05 Å². The molecule has 2 aromatic rings. The van der Waals surface area contributed by atoms with Crippen LogP contribution in [-0.4, -0.2) is 20.7 Å². The lowest BCUT2D eigenvalue weighted by atomic mass is 10.2. The van der Waals surface area contributed by atoms with Crippen molar-refractivity contribution in [3.8, 4) is 0 Å². The Morgan fingerprint density at radius 3 is 3.00 bits per heavy atom. The van der Waals surface area contributed by atoms with Crippen molar-refractivity contribution in [2.75, 3.05) is 11.1 Å². The topological polar surface area (TPSA) is 85.8 Å². The van der Waals surface area contributed by atoms with Crippen LogP contribution in [0, 0.1) is 0 Å². The normalized spacial score (nSPS) is 10.1. The minimum absolute atomic E-state index is 0.212. The van der Waals surface area contributed by atoms with Crippen molar-refractivity contribution in [1.82, 2.24) is 14.8 Å². The maximum atomic E-state index is 11.8. The number of aromatic nitrogens is 3. The lowest BCUT2D eigenvalue weighted by Crippen LogP contribution is -2.14. The molecule has 1 amide bonds. The third-order valence-electron chi connectivity index (χ3n) is 2.05. The standard InChI is InChI=1S/C10H11N5O/c1-15-6-7(5-13-15)14-10(16)8-3-2-4-12-9(8)11/h2-6H,1H3,(H2,11,12)(H,14,16). The van der Waals surface area contributed by atoms with Crippen molar-refractivity contribution >= 4 is 17.4 Å². The van der Waals surface area contributed by atoms with Gasteiger partial charge in [-0.15, -0.1) is 0 Å². The Balaban J connectivity index is 2.18.